The Bertz CT molecular complexity index is 1290. The summed E-state index contributed by atoms with van der Waals surface area (Å²) in [5, 5.41) is 0. The zero-order valence-corrected chi connectivity index (χ0v) is 19.1. The van der Waals surface area contributed by atoms with E-state index >= 15 is 0 Å². The van der Waals surface area contributed by atoms with Crippen LogP contribution in [0.1, 0.15) is 17.3 Å². The Labute approximate surface area is 196 Å². The van der Waals surface area contributed by atoms with Gasteiger partial charge in [-0.1, -0.05) is 18.2 Å². The van der Waals surface area contributed by atoms with E-state index in [1.54, 1.807) is 24.0 Å². The van der Waals surface area contributed by atoms with Gasteiger partial charge in [-0.2, -0.15) is 0 Å². The molecule has 1 aliphatic rings. The van der Waals surface area contributed by atoms with Gasteiger partial charge in [0.05, 0.1) is 44.1 Å². The number of hydrogen-bond donors (Lipinski definition) is 0. The molecule has 9 nitrogen and oxygen atoms in total. The number of carbonyl (C=O) groups is 3. The standard InChI is InChI=1S/C25H24N2O7/c1-4-34-24(29)21-18(13-26-11-6-5-10-20(21)26)16-8-7-9-17(12-16)27-15-33-14-19(23(28)31-2)22(27)25(30)32-3/h5-13H,4,14-15H2,1-3H3. The number of aromatic nitrogens is 1. The number of benzene rings is 1. The van der Waals surface area contributed by atoms with Crippen molar-refractivity contribution < 1.29 is 33.3 Å². The molecule has 9 heteroatoms. The number of esters is 3. The molecule has 0 bridgehead atoms. The van der Waals surface area contributed by atoms with Crippen LogP contribution in [-0.4, -0.2) is 56.5 Å². The van der Waals surface area contributed by atoms with E-state index in [9.17, 15) is 14.4 Å². The number of rotatable bonds is 6. The van der Waals surface area contributed by atoms with Crippen molar-refractivity contribution in [3.63, 3.8) is 0 Å². The molecule has 34 heavy (non-hydrogen) atoms. The average Bonchev–Trinajstić information content (AvgIpc) is 3.27. The first kappa shape index (κ1) is 23.1. The molecule has 0 radical (unpaired) electrons. The number of methoxy groups -OCH3 is 2. The van der Waals surface area contributed by atoms with E-state index < -0.39 is 17.9 Å². The molecule has 0 saturated heterocycles. The lowest BCUT2D eigenvalue weighted by atomic mass is 10.0. The van der Waals surface area contributed by atoms with E-state index in [0.717, 1.165) is 5.56 Å². The highest BCUT2D eigenvalue weighted by Gasteiger charge is 2.32. The topological polar surface area (TPSA) is 95.8 Å². The van der Waals surface area contributed by atoms with E-state index in [4.69, 9.17) is 18.9 Å². The highest BCUT2D eigenvalue weighted by atomic mass is 16.5. The Morgan fingerprint density at radius 2 is 1.79 bits per heavy atom. The molecule has 4 rings (SSSR count). The summed E-state index contributed by atoms with van der Waals surface area (Å²) >= 11 is 0. The molecule has 2 aromatic heterocycles. The number of ether oxygens (including phenoxy) is 4. The molecule has 3 aromatic rings. The summed E-state index contributed by atoms with van der Waals surface area (Å²) in [5.41, 5.74) is 3.22. The van der Waals surface area contributed by atoms with Crippen molar-refractivity contribution in [3.05, 3.63) is 71.7 Å². The van der Waals surface area contributed by atoms with Gasteiger partial charge in [0.25, 0.3) is 0 Å². The molecule has 0 saturated carbocycles. The molecule has 176 valence electrons. The fraction of sp³-hybridized carbons (Fsp3) is 0.240. The molecule has 1 aromatic carbocycles. The summed E-state index contributed by atoms with van der Waals surface area (Å²) in [4.78, 5) is 39.3. The molecule has 3 heterocycles. The number of carbonyl (C=O) groups excluding carboxylic acids is 3. The van der Waals surface area contributed by atoms with E-state index in [-0.39, 0.29) is 31.2 Å². The van der Waals surface area contributed by atoms with Gasteiger partial charge in [0.15, 0.2) is 0 Å². The molecular formula is C25H24N2O7. The van der Waals surface area contributed by atoms with Gasteiger partial charge in [0, 0.05) is 23.6 Å². The number of anilines is 1. The molecule has 0 amide bonds. The Hall–Kier alpha value is -4.11. The normalized spacial score (nSPS) is 13.7. The van der Waals surface area contributed by atoms with Gasteiger partial charge in [0.1, 0.15) is 12.4 Å². The Kier molecular flexibility index (Phi) is 6.65. The number of hydrogen-bond acceptors (Lipinski definition) is 8. The van der Waals surface area contributed by atoms with E-state index in [2.05, 4.69) is 0 Å². The van der Waals surface area contributed by atoms with Crippen LogP contribution in [0.4, 0.5) is 5.69 Å². The maximum Gasteiger partial charge on any atom is 0.355 e. The minimum absolute atomic E-state index is 0.0247. The zero-order chi connectivity index (χ0) is 24.2. The fourth-order valence-electron chi connectivity index (χ4n) is 3.95. The van der Waals surface area contributed by atoms with Crippen molar-refractivity contribution in [3.8, 4) is 11.1 Å². The first-order valence-electron chi connectivity index (χ1n) is 10.6. The first-order chi connectivity index (χ1) is 16.5. The van der Waals surface area contributed by atoms with Crippen molar-refractivity contribution in [2.75, 3.05) is 39.1 Å². The summed E-state index contributed by atoms with van der Waals surface area (Å²) in [7, 11) is 2.48. The number of pyridine rings is 1. The monoisotopic (exact) mass is 464 g/mol. The molecule has 1 aliphatic heterocycles. The van der Waals surface area contributed by atoms with Gasteiger partial charge in [-0.3, -0.25) is 0 Å². The second-order valence-corrected chi connectivity index (χ2v) is 7.40. The van der Waals surface area contributed by atoms with Crippen LogP contribution in [0.5, 0.6) is 0 Å². The molecule has 0 spiro atoms. The predicted octanol–water partition coefficient (Wildman–Crippen LogP) is 3.18. The van der Waals surface area contributed by atoms with Gasteiger partial charge in [-0.05, 0) is 36.8 Å². The van der Waals surface area contributed by atoms with Crippen LogP contribution in [0.25, 0.3) is 16.6 Å². The van der Waals surface area contributed by atoms with Crippen molar-refractivity contribution in [1.82, 2.24) is 4.40 Å². The van der Waals surface area contributed by atoms with Crippen molar-refractivity contribution in [1.29, 1.82) is 0 Å². The first-order valence-corrected chi connectivity index (χ1v) is 10.6. The lowest BCUT2D eigenvalue weighted by molar-refractivity contribution is -0.140. The van der Waals surface area contributed by atoms with E-state index in [1.807, 2.05) is 47.1 Å². The third kappa shape index (κ3) is 4.13. The molecular weight excluding hydrogens is 440 g/mol. The van der Waals surface area contributed by atoms with Gasteiger partial charge >= 0.3 is 17.9 Å². The molecule has 0 aliphatic carbocycles. The molecule has 0 N–H and O–H groups in total. The molecule has 0 atom stereocenters. The van der Waals surface area contributed by atoms with Crippen molar-refractivity contribution in [2.45, 2.75) is 6.92 Å². The Morgan fingerprint density at radius 3 is 2.53 bits per heavy atom. The van der Waals surface area contributed by atoms with Gasteiger partial charge in [0.2, 0.25) is 0 Å². The second-order valence-electron chi connectivity index (χ2n) is 7.40. The Balaban J connectivity index is 1.85. The summed E-state index contributed by atoms with van der Waals surface area (Å²) in [5.74, 6) is -1.79. The predicted molar refractivity (Wildman–Crippen MR) is 123 cm³/mol. The molecule has 0 fully saturated rings. The number of nitrogens with zero attached hydrogens (tertiary/aromatic N) is 2. The van der Waals surface area contributed by atoms with Crippen LogP contribution < -0.4 is 4.90 Å². The summed E-state index contributed by atoms with van der Waals surface area (Å²) in [6.45, 7) is 1.95. The smallest absolute Gasteiger partial charge is 0.355 e. The highest BCUT2D eigenvalue weighted by Crippen LogP contribution is 2.34. The van der Waals surface area contributed by atoms with Gasteiger partial charge in [-0.25, -0.2) is 14.4 Å². The largest absolute Gasteiger partial charge is 0.466 e. The molecule has 0 unspecified atom stereocenters. The Morgan fingerprint density at radius 1 is 1.00 bits per heavy atom. The maximum atomic E-state index is 12.8. The minimum Gasteiger partial charge on any atom is -0.466 e. The van der Waals surface area contributed by atoms with E-state index in [1.165, 1.54) is 14.2 Å². The van der Waals surface area contributed by atoms with Crippen LogP contribution in [0.3, 0.4) is 0 Å². The maximum absolute atomic E-state index is 12.8. The minimum atomic E-state index is -0.684. The van der Waals surface area contributed by atoms with Crippen molar-refractivity contribution >= 4 is 29.1 Å². The zero-order valence-electron chi connectivity index (χ0n) is 19.1. The SMILES string of the molecule is CCOC(=O)c1c(-c2cccc(N3COCC(C(=O)OC)=C3C(=O)OC)c2)cn2ccccc12. The lowest BCUT2D eigenvalue weighted by Gasteiger charge is -2.31. The van der Waals surface area contributed by atoms with Crippen LogP contribution in [-0.2, 0) is 28.5 Å². The second kappa shape index (κ2) is 9.80. The highest BCUT2D eigenvalue weighted by molar-refractivity contribution is 6.06. The van der Waals surface area contributed by atoms with Gasteiger partial charge < -0.3 is 28.2 Å². The lowest BCUT2D eigenvalue weighted by Crippen LogP contribution is -2.38. The van der Waals surface area contributed by atoms with E-state index in [0.29, 0.717) is 22.3 Å². The van der Waals surface area contributed by atoms with Crippen LogP contribution in [0, 0.1) is 0 Å². The van der Waals surface area contributed by atoms with Crippen LogP contribution in [0.15, 0.2) is 66.1 Å². The summed E-state index contributed by atoms with van der Waals surface area (Å²) in [6, 6.07) is 12.8. The third-order valence-corrected chi connectivity index (χ3v) is 5.47. The summed E-state index contributed by atoms with van der Waals surface area (Å²) < 4.78 is 22.5. The fourth-order valence-corrected chi connectivity index (χ4v) is 3.95. The third-order valence-electron chi connectivity index (χ3n) is 5.47. The van der Waals surface area contributed by atoms with Crippen LogP contribution >= 0.6 is 0 Å². The van der Waals surface area contributed by atoms with Gasteiger partial charge in [-0.15, -0.1) is 0 Å². The van der Waals surface area contributed by atoms with Crippen LogP contribution in [0.2, 0.25) is 0 Å². The quantitative estimate of drug-likeness (QED) is 0.406. The number of fused-ring (bicyclic) bond motifs is 1. The van der Waals surface area contributed by atoms with Crippen molar-refractivity contribution in [2.24, 2.45) is 0 Å². The average molecular weight is 464 g/mol. The summed E-state index contributed by atoms with van der Waals surface area (Å²) in [6.07, 6.45) is 3.70.